The lowest BCUT2D eigenvalue weighted by Crippen LogP contribution is -2.25. The number of imide groups is 1. The number of carbonyl (C=O) groups excluding carboxylic acids is 2. The topological polar surface area (TPSA) is 101 Å². The highest BCUT2D eigenvalue weighted by Gasteiger charge is 2.31. The molecule has 2 aromatic rings. The van der Waals surface area contributed by atoms with Crippen LogP contribution in [-0.4, -0.2) is 45.5 Å². The Balaban J connectivity index is 1.59. The Bertz CT molecular complexity index is 809. The second kappa shape index (κ2) is 8.59. The minimum absolute atomic E-state index is 0.173. The van der Waals surface area contributed by atoms with Crippen LogP contribution in [0.2, 0.25) is 0 Å². The van der Waals surface area contributed by atoms with Gasteiger partial charge < -0.3 is 9.84 Å². The van der Waals surface area contributed by atoms with Gasteiger partial charge in [-0.1, -0.05) is 30.0 Å². The molecule has 1 saturated heterocycles. The number of pyridine rings is 1. The number of aliphatic hydroxyl groups is 1. The van der Waals surface area contributed by atoms with Gasteiger partial charge in [0.1, 0.15) is 24.8 Å². The van der Waals surface area contributed by atoms with E-state index in [1.165, 1.54) is 0 Å². The summed E-state index contributed by atoms with van der Waals surface area (Å²) in [5.74, 6) is 0.385. The first-order chi connectivity index (χ1) is 12.7. The number of ether oxygens (including phenoxy) is 1. The van der Waals surface area contributed by atoms with Crippen LogP contribution in [-0.2, 0) is 11.2 Å². The van der Waals surface area contributed by atoms with Crippen molar-refractivity contribution in [2.24, 2.45) is 4.99 Å². The number of aliphatic imine (C=N–C) groups is 1. The molecule has 8 heteroatoms. The largest absolute Gasteiger partial charge is 0.487 e. The van der Waals surface area contributed by atoms with Gasteiger partial charge in [0.05, 0.1) is 10.9 Å². The lowest BCUT2D eigenvalue weighted by atomic mass is 10.1. The Hall–Kier alpha value is -2.71. The van der Waals surface area contributed by atoms with E-state index in [2.05, 4.69) is 15.3 Å². The van der Waals surface area contributed by atoms with Crippen molar-refractivity contribution in [2.75, 3.05) is 13.3 Å². The molecule has 0 radical (unpaired) electrons. The number of nitrogens with zero attached hydrogens (tertiary/aromatic N) is 2. The van der Waals surface area contributed by atoms with Gasteiger partial charge in [-0.15, -0.1) is 0 Å². The SMILES string of the molecule is O=C1NC(=O)C(Cc2ccc(OC/C(=N/CO)c3ccccn3)cc2)S1. The average Bonchev–Trinajstić information content (AvgIpc) is 2.97. The van der Waals surface area contributed by atoms with Gasteiger partial charge in [-0.05, 0) is 36.2 Å². The molecule has 0 saturated carbocycles. The molecular weight excluding hydrogens is 354 g/mol. The fraction of sp³-hybridized carbons (Fsp3) is 0.222. The summed E-state index contributed by atoms with van der Waals surface area (Å²) in [4.78, 5) is 31.0. The van der Waals surface area contributed by atoms with Crippen LogP contribution in [0.4, 0.5) is 4.79 Å². The molecule has 0 bridgehead atoms. The maximum atomic E-state index is 11.6. The number of amides is 2. The summed E-state index contributed by atoms with van der Waals surface area (Å²) in [6, 6.07) is 12.7. The Morgan fingerprint density at radius 1 is 1.23 bits per heavy atom. The molecule has 26 heavy (non-hydrogen) atoms. The fourth-order valence-electron chi connectivity index (χ4n) is 2.43. The van der Waals surface area contributed by atoms with Gasteiger partial charge in [0.25, 0.3) is 5.24 Å². The molecule has 1 atom stereocenters. The van der Waals surface area contributed by atoms with Gasteiger partial charge in [0.2, 0.25) is 5.91 Å². The van der Waals surface area contributed by atoms with Crippen LogP contribution >= 0.6 is 11.8 Å². The predicted octanol–water partition coefficient (Wildman–Crippen LogP) is 1.79. The molecule has 0 aliphatic carbocycles. The Morgan fingerprint density at radius 2 is 2.04 bits per heavy atom. The normalized spacial score (nSPS) is 17.3. The zero-order valence-corrected chi connectivity index (χ0v) is 14.6. The van der Waals surface area contributed by atoms with Crippen LogP contribution in [0.5, 0.6) is 5.75 Å². The summed E-state index contributed by atoms with van der Waals surface area (Å²) in [6.45, 7) is -0.166. The zero-order valence-electron chi connectivity index (χ0n) is 13.8. The monoisotopic (exact) mass is 371 g/mol. The molecule has 1 fully saturated rings. The molecule has 2 heterocycles. The second-order valence-corrected chi connectivity index (χ2v) is 6.66. The molecular formula is C18H17N3O4S. The Labute approximate surface area is 154 Å². The van der Waals surface area contributed by atoms with E-state index in [9.17, 15) is 9.59 Å². The standard InChI is InChI=1S/C18H17N3O4S/c22-11-20-15(14-3-1-2-8-19-14)10-25-13-6-4-12(5-7-13)9-16-17(23)21-18(24)26-16/h1-8,16,22H,9-11H2,(H,21,23,24)/b20-15-. The number of aromatic nitrogens is 1. The molecule has 1 unspecified atom stereocenters. The van der Waals surface area contributed by atoms with E-state index in [0.717, 1.165) is 17.3 Å². The molecule has 7 nitrogen and oxygen atoms in total. The minimum atomic E-state index is -0.387. The number of benzene rings is 1. The number of nitrogens with one attached hydrogen (secondary N) is 1. The van der Waals surface area contributed by atoms with Crippen molar-refractivity contribution < 1.29 is 19.4 Å². The third-order valence-corrected chi connectivity index (χ3v) is 4.69. The molecule has 1 aliphatic heterocycles. The van der Waals surface area contributed by atoms with Gasteiger partial charge >= 0.3 is 0 Å². The fourth-order valence-corrected chi connectivity index (χ4v) is 3.29. The molecule has 2 N–H and O–H groups in total. The number of rotatable bonds is 7. The lowest BCUT2D eigenvalue weighted by Gasteiger charge is -2.10. The van der Waals surface area contributed by atoms with E-state index in [0.29, 0.717) is 23.6 Å². The predicted molar refractivity (Wildman–Crippen MR) is 98.4 cm³/mol. The summed E-state index contributed by atoms with van der Waals surface area (Å²) in [6.07, 6.45) is 2.13. The maximum Gasteiger partial charge on any atom is 0.286 e. The van der Waals surface area contributed by atoms with Crippen molar-refractivity contribution >= 4 is 28.6 Å². The van der Waals surface area contributed by atoms with Crippen molar-refractivity contribution in [3.63, 3.8) is 0 Å². The van der Waals surface area contributed by atoms with Crippen molar-refractivity contribution in [3.8, 4) is 5.75 Å². The number of thioether (sulfide) groups is 1. The molecule has 0 spiro atoms. The number of hydrogen-bond donors (Lipinski definition) is 2. The molecule has 1 aromatic carbocycles. The Morgan fingerprint density at radius 3 is 2.65 bits per heavy atom. The zero-order chi connectivity index (χ0) is 18.4. The maximum absolute atomic E-state index is 11.6. The van der Waals surface area contributed by atoms with Gasteiger partial charge in [0, 0.05) is 6.20 Å². The summed E-state index contributed by atoms with van der Waals surface area (Å²) < 4.78 is 5.72. The molecule has 1 aromatic heterocycles. The highest BCUT2D eigenvalue weighted by Crippen LogP contribution is 2.23. The summed E-state index contributed by atoms with van der Waals surface area (Å²) >= 11 is 1.01. The first-order valence-corrected chi connectivity index (χ1v) is 8.82. The first kappa shape index (κ1) is 18.1. The van der Waals surface area contributed by atoms with Crippen LogP contribution < -0.4 is 10.1 Å². The van der Waals surface area contributed by atoms with E-state index < -0.39 is 0 Å². The third-order valence-electron chi connectivity index (χ3n) is 3.71. The molecule has 2 amide bonds. The average molecular weight is 371 g/mol. The van der Waals surface area contributed by atoms with Crippen molar-refractivity contribution in [1.29, 1.82) is 0 Å². The van der Waals surface area contributed by atoms with Crippen LogP contribution in [0.15, 0.2) is 53.7 Å². The van der Waals surface area contributed by atoms with Gasteiger partial charge in [-0.3, -0.25) is 24.9 Å². The Kier molecular flexibility index (Phi) is 5.98. The van der Waals surface area contributed by atoms with Crippen molar-refractivity contribution in [1.82, 2.24) is 10.3 Å². The number of aliphatic hydroxyl groups excluding tert-OH is 1. The van der Waals surface area contributed by atoms with E-state index in [1.54, 1.807) is 30.5 Å². The van der Waals surface area contributed by atoms with Crippen LogP contribution in [0.25, 0.3) is 0 Å². The smallest absolute Gasteiger partial charge is 0.286 e. The van der Waals surface area contributed by atoms with E-state index >= 15 is 0 Å². The highest BCUT2D eigenvalue weighted by molar-refractivity contribution is 8.15. The van der Waals surface area contributed by atoms with E-state index in [-0.39, 0.29) is 29.7 Å². The molecule has 1 aliphatic rings. The van der Waals surface area contributed by atoms with Gasteiger partial charge in [-0.25, -0.2) is 0 Å². The quantitative estimate of drug-likeness (QED) is 0.720. The van der Waals surface area contributed by atoms with E-state index in [4.69, 9.17) is 9.84 Å². The summed E-state index contributed by atoms with van der Waals surface area (Å²) in [5, 5.41) is 10.7. The first-order valence-electron chi connectivity index (χ1n) is 7.94. The second-order valence-electron chi connectivity index (χ2n) is 5.48. The van der Waals surface area contributed by atoms with Crippen LogP contribution in [0.1, 0.15) is 11.3 Å². The summed E-state index contributed by atoms with van der Waals surface area (Å²) in [7, 11) is 0. The van der Waals surface area contributed by atoms with Crippen molar-refractivity contribution in [3.05, 3.63) is 59.9 Å². The van der Waals surface area contributed by atoms with Crippen LogP contribution in [0, 0.1) is 0 Å². The minimum Gasteiger partial charge on any atom is -0.487 e. The van der Waals surface area contributed by atoms with Crippen LogP contribution in [0.3, 0.4) is 0 Å². The van der Waals surface area contributed by atoms with Gasteiger partial charge in [-0.2, -0.15) is 0 Å². The van der Waals surface area contributed by atoms with Gasteiger partial charge in [0.15, 0.2) is 0 Å². The number of carbonyl (C=O) groups is 2. The van der Waals surface area contributed by atoms with E-state index in [1.807, 2.05) is 18.2 Å². The lowest BCUT2D eigenvalue weighted by molar-refractivity contribution is -0.118. The number of hydrogen-bond acceptors (Lipinski definition) is 7. The van der Waals surface area contributed by atoms with Crippen molar-refractivity contribution in [2.45, 2.75) is 11.7 Å². The molecule has 134 valence electrons. The summed E-state index contributed by atoms with van der Waals surface area (Å²) in [5.41, 5.74) is 2.13. The molecule has 3 rings (SSSR count). The third kappa shape index (κ3) is 4.68. The highest BCUT2D eigenvalue weighted by atomic mass is 32.2.